The molecule has 2 rings (SSSR count). The predicted octanol–water partition coefficient (Wildman–Crippen LogP) is 2.97. The number of carboxylic acids is 1. The molecule has 0 saturated heterocycles. The van der Waals surface area contributed by atoms with Gasteiger partial charge in [-0.1, -0.05) is 12.1 Å². The van der Waals surface area contributed by atoms with E-state index < -0.39 is 10.9 Å². The summed E-state index contributed by atoms with van der Waals surface area (Å²) in [6.45, 7) is 0. The van der Waals surface area contributed by atoms with Crippen LogP contribution in [0.3, 0.4) is 0 Å². The Kier molecular flexibility index (Phi) is 3.65. The van der Waals surface area contributed by atoms with E-state index in [1.54, 1.807) is 24.3 Å². The molecule has 0 aliphatic heterocycles. The molecule has 0 saturated carbocycles. The number of methoxy groups -OCH3 is 1. The minimum atomic E-state index is -1.13. The van der Waals surface area contributed by atoms with Crippen molar-refractivity contribution in [3.05, 3.63) is 58.1 Å². The Morgan fingerprint density at radius 2 is 1.85 bits per heavy atom. The highest BCUT2D eigenvalue weighted by Crippen LogP contribution is 2.29. The molecule has 0 heterocycles. The number of ether oxygens (including phenoxy) is 1. The molecular weight excluding hydrogens is 262 g/mol. The molecule has 0 atom stereocenters. The van der Waals surface area contributed by atoms with Crippen LogP contribution < -0.4 is 4.74 Å². The monoisotopic (exact) mass is 273 g/mol. The molecule has 2 aromatic carbocycles. The topological polar surface area (TPSA) is 89.7 Å². The Labute approximate surface area is 114 Å². The molecule has 6 heteroatoms. The van der Waals surface area contributed by atoms with Crippen LogP contribution >= 0.6 is 0 Å². The SMILES string of the molecule is COc1ccc(-c2cc([N+](=O)[O-])ccc2C(=O)O)cc1. The van der Waals surface area contributed by atoms with E-state index in [9.17, 15) is 14.9 Å². The predicted molar refractivity (Wildman–Crippen MR) is 72.0 cm³/mol. The Morgan fingerprint density at radius 1 is 1.20 bits per heavy atom. The molecular formula is C14H11NO5. The first-order valence-corrected chi connectivity index (χ1v) is 5.69. The largest absolute Gasteiger partial charge is 0.497 e. The van der Waals surface area contributed by atoms with Crippen molar-refractivity contribution in [3.63, 3.8) is 0 Å². The molecule has 0 unspecified atom stereocenters. The van der Waals surface area contributed by atoms with Crippen molar-refractivity contribution in [2.45, 2.75) is 0 Å². The summed E-state index contributed by atoms with van der Waals surface area (Å²) in [5.41, 5.74) is 0.739. The first-order valence-electron chi connectivity index (χ1n) is 5.69. The van der Waals surface area contributed by atoms with Gasteiger partial charge in [0.15, 0.2) is 0 Å². The van der Waals surface area contributed by atoms with E-state index in [-0.39, 0.29) is 11.3 Å². The average molecular weight is 273 g/mol. The zero-order valence-electron chi connectivity index (χ0n) is 10.6. The summed E-state index contributed by atoms with van der Waals surface area (Å²) in [7, 11) is 1.52. The fraction of sp³-hybridized carbons (Fsp3) is 0.0714. The number of carbonyl (C=O) groups is 1. The summed E-state index contributed by atoms with van der Waals surface area (Å²) in [5.74, 6) is -0.512. The molecule has 0 aromatic heterocycles. The quantitative estimate of drug-likeness (QED) is 0.683. The zero-order chi connectivity index (χ0) is 14.7. The van der Waals surface area contributed by atoms with Gasteiger partial charge in [0.2, 0.25) is 0 Å². The maximum absolute atomic E-state index is 11.2. The lowest BCUT2D eigenvalue weighted by molar-refractivity contribution is -0.384. The van der Waals surface area contributed by atoms with Crippen molar-refractivity contribution in [2.24, 2.45) is 0 Å². The minimum Gasteiger partial charge on any atom is -0.497 e. The summed E-state index contributed by atoms with van der Waals surface area (Å²) in [6.07, 6.45) is 0. The van der Waals surface area contributed by atoms with E-state index in [2.05, 4.69) is 0 Å². The highest BCUT2D eigenvalue weighted by Gasteiger charge is 2.16. The van der Waals surface area contributed by atoms with Gasteiger partial charge in [-0.3, -0.25) is 10.1 Å². The molecule has 0 aliphatic rings. The second-order valence-corrected chi connectivity index (χ2v) is 4.02. The Bertz CT molecular complexity index is 664. The van der Waals surface area contributed by atoms with Crippen LogP contribution in [0.1, 0.15) is 10.4 Å². The third-order valence-electron chi connectivity index (χ3n) is 2.85. The number of carboxylic acid groups (broad SMARTS) is 1. The summed E-state index contributed by atoms with van der Waals surface area (Å²) < 4.78 is 5.02. The fourth-order valence-electron chi connectivity index (χ4n) is 1.84. The maximum Gasteiger partial charge on any atom is 0.336 e. The number of nitrogens with zero attached hydrogens (tertiary/aromatic N) is 1. The van der Waals surface area contributed by atoms with Gasteiger partial charge >= 0.3 is 5.97 Å². The average Bonchev–Trinajstić information content (AvgIpc) is 2.46. The summed E-state index contributed by atoms with van der Waals surface area (Å²) >= 11 is 0. The van der Waals surface area contributed by atoms with Crippen LogP contribution in [-0.2, 0) is 0 Å². The fourth-order valence-corrected chi connectivity index (χ4v) is 1.84. The third-order valence-corrected chi connectivity index (χ3v) is 2.85. The van der Waals surface area contributed by atoms with Crippen LogP contribution in [0.5, 0.6) is 5.75 Å². The summed E-state index contributed by atoms with van der Waals surface area (Å²) in [5, 5.41) is 20.0. The first-order chi connectivity index (χ1) is 9.52. The highest BCUT2D eigenvalue weighted by atomic mass is 16.6. The molecule has 20 heavy (non-hydrogen) atoms. The normalized spacial score (nSPS) is 10.1. The van der Waals surface area contributed by atoms with Crippen molar-refractivity contribution in [3.8, 4) is 16.9 Å². The number of benzene rings is 2. The van der Waals surface area contributed by atoms with Crippen LogP contribution in [0.4, 0.5) is 5.69 Å². The maximum atomic E-state index is 11.2. The van der Waals surface area contributed by atoms with Gasteiger partial charge in [-0.15, -0.1) is 0 Å². The van der Waals surface area contributed by atoms with Crippen molar-refractivity contribution in [1.82, 2.24) is 0 Å². The standard InChI is InChI=1S/C14H11NO5/c1-20-11-5-2-9(3-6-11)13-8-10(15(18)19)4-7-12(13)14(16)17/h2-8H,1H3,(H,16,17). The number of nitro benzene ring substituents is 1. The molecule has 0 spiro atoms. The molecule has 102 valence electrons. The lowest BCUT2D eigenvalue weighted by Crippen LogP contribution is -2.00. The molecule has 0 aliphatic carbocycles. The first kappa shape index (κ1) is 13.5. The van der Waals surface area contributed by atoms with Crippen LogP contribution in [0.15, 0.2) is 42.5 Å². The van der Waals surface area contributed by atoms with Gasteiger partial charge in [0.25, 0.3) is 5.69 Å². The van der Waals surface area contributed by atoms with Crippen LogP contribution in [0.25, 0.3) is 11.1 Å². The summed E-state index contributed by atoms with van der Waals surface area (Å²) in [6, 6.07) is 10.3. The van der Waals surface area contributed by atoms with Crippen molar-refractivity contribution < 1.29 is 19.6 Å². The molecule has 1 N–H and O–H groups in total. The molecule has 2 aromatic rings. The van der Waals surface area contributed by atoms with Crippen LogP contribution in [0, 0.1) is 10.1 Å². The Morgan fingerprint density at radius 3 is 2.35 bits per heavy atom. The second kappa shape index (κ2) is 5.40. The van der Waals surface area contributed by atoms with Crippen molar-refractivity contribution in [1.29, 1.82) is 0 Å². The van der Waals surface area contributed by atoms with E-state index in [4.69, 9.17) is 9.84 Å². The van der Waals surface area contributed by atoms with Gasteiger partial charge < -0.3 is 9.84 Å². The lowest BCUT2D eigenvalue weighted by Gasteiger charge is -2.07. The third kappa shape index (κ3) is 2.59. The van der Waals surface area contributed by atoms with E-state index in [1.165, 1.54) is 25.3 Å². The van der Waals surface area contributed by atoms with E-state index in [0.717, 1.165) is 0 Å². The van der Waals surface area contributed by atoms with Gasteiger partial charge in [0, 0.05) is 17.7 Å². The highest BCUT2D eigenvalue weighted by molar-refractivity contribution is 5.96. The van der Waals surface area contributed by atoms with Gasteiger partial charge in [0.1, 0.15) is 5.75 Å². The van der Waals surface area contributed by atoms with Gasteiger partial charge in [-0.25, -0.2) is 4.79 Å². The molecule has 0 radical (unpaired) electrons. The summed E-state index contributed by atoms with van der Waals surface area (Å²) in [4.78, 5) is 21.5. The lowest BCUT2D eigenvalue weighted by atomic mass is 9.99. The number of nitro groups is 1. The Hall–Kier alpha value is -2.89. The van der Waals surface area contributed by atoms with Crippen molar-refractivity contribution >= 4 is 11.7 Å². The Balaban J connectivity index is 2.58. The molecule has 0 amide bonds. The van der Waals surface area contributed by atoms with E-state index in [0.29, 0.717) is 16.9 Å². The van der Waals surface area contributed by atoms with Crippen molar-refractivity contribution in [2.75, 3.05) is 7.11 Å². The van der Waals surface area contributed by atoms with Gasteiger partial charge in [-0.2, -0.15) is 0 Å². The zero-order valence-corrected chi connectivity index (χ0v) is 10.6. The second-order valence-electron chi connectivity index (χ2n) is 4.02. The smallest absolute Gasteiger partial charge is 0.336 e. The van der Waals surface area contributed by atoms with E-state index >= 15 is 0 Å². The molecule has 0 fully saturated rings. The molecule has 0 bridgehead atoms. The molecule has 6 nitrogen and oxygen atoms in total. The number of hydrogen-bond donors (Lipinski definition) is 1. The number of hydrogen-bond acceptors (Lipinski definition) is 4. The van der Waals surface area contributed by atoms with Gasteiger partial charge in [0.05, 0.1) is 17.6 Å². The number of rotatable bonds is 4. The number of aromatic carboxylic acids is 1. The number of non-ortho nitro benzene ring substituents is 1. The van der Waals surface area contributed by atoms with Crippen LogP contribution in [0.2, 0.25) is 0 Å². The van der Waals surface area contributed by atoms with E-state index in [1.807, 2.05) is 0 Å². The van der Waals surface area contributed by atoms with Crippen LogP contribution in [-0.4, -0.2) is 23.1 Å². The minimum absolute atomic E-state index is 0.0146. The van der Waals surface area contributed by atoms with Gasteiger partial charge in [-0.05, 0) is 23.8 Å².